The molecule has 2 aromatic carbocycles. The fourth-order valence-electron chi connectivity index (χ4n) is 9.39. The molecule has 0 radical (unpaired) electrons. The SMILES string of the molecule is CCCCCCC(=O)O[C@H]1CC[C@H]2[C@@H]3CCC4=CC(=O)CC[C@]4(C)[C@H]3CC[C@]12C.O=C(O)C(O)(c1ccccc1)c1ccccc1. The first-order chi connectivity index (χ1) is 22.0. The number of hydrogen-bond donors (Lipinski definition) is 2. The van der Waals surface area contributed by atoms with E-state index in [9.17, 15) is 24.6 Å². The summed E-state index contributed by atoms with van der Waals surface area (Å²) in [6.07, 6.45) is 15.9. The number of ketones is 1. The largest absolute Gasteiger partial charge is 0.479 e. The number of rotatable bonds is 9. The number of fused-ring (bicyclic) bond motifs is 5. The Balaban J connectivity index is 0.000000209. The zero-order valence-electron chi connectivity index (χ0n) is 27.9. The van der Waals surface area contributed by atoms with Crippen LogP contribution in [0.2, 0.25) is 0 Å². The summed E-state index contributed by atoms with van der Waals surface area (Å²) in [6, 6.07) is 16.7. The quantitative estimate of drug-likeness (QED) is 0.214. The lowest BCUT2D eigenvalue weighted by atomic mass is 9.47. The smallest absolute Gasteiger partial charge is 0.345 e. The highest BCUT2D eigenvalue weighted by molar-refractivity contribution is 5.91. The van der Waals surface area contributed by atoms with Crippen LogP contribution in [0.3, 0.4) is 0 Å². The topological polar surface area (TPSA) is 101 Å². The van der Waals surface area contributed by atoms with Crippen LogP contribution in [0.1, 0.15) is 115 Å². The standard InChI is InChI=1S/C26H40O3.C14H12O3/c1-4-5-6-7-8-24(28)29-23-12-11-21-20-10-9-18-17-19(27)13-15-25(18,2)22(20)14-16-26(21,23)3;15-13(16)14(17,11-7-3-1-4-8-11)12-9-5-2-6-10-12/h17,20-23H,4-16H2,1-3H3;1-10,17H,(H,15,16)/t20-,21-,22-,23-,25-,26-;/m0./s1. The normalized spacial score (nSPS) is 30.1. The van der Waals surface area contributed by atoms with Crippen LogP contribution in [0.4, 0.5) is 0 Å². The first-order valence-corrected chi connectivity index (χ1v) is 17.5. The Labute approximate surface area is 274 Å². The van der Waals surface area contributed by atoms with E-state index in [1.165, 1.54) is 44.1 Å². The predicted octanol–water partition coefficient (Wildman–Crippen LogP) is 8.41. The van der Waals surface area contributed by atoms with Crippen molar-refractivity contribution in [1.29, 1.82) is 0 Å². The van der Waals surface area contributed by atoms with Crippen LogP contribution in [0.5, 0.6) is 0 Å². The molecule has 4 aliphatic carbocycles. The summed E-state index contributed by atoms with van der Waals surface area (Å²) in [4.78, 5) is 35.8. The maximum Gasteiger partial charge on any atom is 0.345 e. The molecule has 6 atom stereocenters. The van der Waals surface area contributed by atoms with Gasteiger partial charge in [0.05, 0.1) is 0 Å². The van der Waals surface area contributed by atoms with Gasteiger partial charge >= 0.3 is 11.9 Å². The molecule has 248 valence electrons. The highest BCUT2D eigenvalue weighted by Crippen LogP contribution is 2.65. The van der Waals surface area contributed by atoms with E-state index in [1.807, 2.05) is 6.08 Å². The van der Waals surface area contributed by atoms with Gasteiger partial charge < -0.3 is 14.9 Å². The molecule has 6 rings (SSSR count). The number of carbonyl (C=O) groups is 3. The fourth-order valence-corrected chi connectivity index (χ4v) is 9.39. The van der Waals surface area contributed by atoms with Gasteiger partial charge in [0, 0.05) is 18.3 Å². The van der Waals surface area contributed by atoms with E-state index in [4.69, 9.17) is 4.74 Å². The Morgan fingerprint density at radius 3 is 2.11 bits per heavy atom. The van der Waals surface area contributed by atoms with Gasteiger partial charge in [0.1, 0.15) is 6.10 Å². The number of ether oxygens (including phenoxy) is 1. The van der Waals surface area contributed by atoms with E-state index in [-0.39, 0.29) is 22.9 Å². The Morgan fingerprint density at radius 1 is 0.848 bits per heavy atom. The summed E-state index contributed by atoms with van der Waals surface area (Å²) in [6.45, 7) is 7.05. The molecule has 2 N–H and O–H groups in total. The van der Waals surface area contributed by atoms with Gasteiger partial charge in [-0.2, -0.15) is 0 Å². The Bertz CT molecular complexity index is 1360. The molecule has 0 aliphatic heterocycles. The van der Waals surface area contributed by atoms with Gasteiger partial charge in [0.15, 0.2) is 5.78 Å². The summed E-state index contributed by atoms with van der Waals surface area (Å²) in [7, 11) is 0. The second-order valence-electron chi connectivity index (χ2n) is 14.6. The molecular weight excluding hydrogens is 576 g/mol. The molecule has 0 saturated heterocycles. The van der Waals surface area contributed by atoms with Gasteiger partial charge in [-0.25, -0.2) is 4.79 Å². The lowest BCUT2D eigenvalue weighted by molar-refractivity contribution is -0.160. The maximum atomic E-state index is 12.5. The third-order valence-corrected chi connectivity index (χ3v) is 12.1. The number of unbranched alkanes of at least 4 members (excludes halogenated alkanes) is 3. The molecule has 0 spiro atoms. The van der Waals surface area contributed by atoms with Crippen LogP contribution in [0.15, 0.2) is 72.3 Å². The first-order valence-electron chi connectivity index (χ1n) is 17.5. The molecular formula is C40H52O6. The van der Waals surface area contributed by atoms with Gasteiger partial charge in [-0.1, -0.05) is 106 Å². The van der Waals surface area contributed by atoms with E-state index in [1.54, 1.807) is 60.7 Å². The predicted molar refractivity (Wildman–Crippen MR) is 179 cm³/mol. The Morgan fingerprint density at radius 2 is 1.50 bits per heavy atom. The monoisotopic (exact) mass is 628 g/mol. The minimum atomic E-state index is -2.00. The van der Waals surface area contributed by atoms with Crippen LogP contribution >= 0.6 is 0 Å². The van der Waals surface area contributed by atoms with E-state index < -0.39 is 11.6 Å². The lowest BCUT2D eigenvalue weighted by Gasteiger charge is -2.57. The summed E-state index contributed by atoms with van der Waals surface area (Å²) in [5, 5.41) is 19.7. The summed E-state index contributed by atoms with van der Waals surface area (Å²) < 4.78 is 6.09. The van der Waals surface area contributed by atoms with Crippen molar-refractivity contribution in [1.82, 2.24) is 0 Å². The molecule has 0 heterocycles. The summed E-state index contributed by atoms with van der Waals surface area (Å²) in [5.74, 6) is 1.20. The molecule has 2 aromatic rings. The van der Waals surface area contributed by atoms with Crippen molar-refractivity contribution < 1.29 is 29.3 Å². The molecule has 0 unspecified atom stereocenters. The minimum absolute atomic E-state index is 0.0294. The highest BCUT2D eigenvalue weighted by Gasteiger charge is 2.60. The number of carboxylic acids is 1. The Kier molecular flexibility index (Phi) is 10.6. The van der Waals surface area contributed by atoms with E-state index in [0.29, 0.717) is 35.2 Å². The molecule has 4 aliphatic rings. The van der Waals surface area contributed by atoms with E-state index in [0.717, 1.165) is 44.4 Å². The van der Waals surface area contributed by atoms with Crippen LogP contribution in [-0.4, -0.2) is 34.0 Å². The molecule has 46 heavy (non-hydrogen) atoms. The molecule has 0 bridgehead atoms. The molecule has 0 amide bonds. The van der Waals surface area contributed by atoms with Crippen LogP contribution < -0.4 is 0 Å². The Hall–Kier alpha value is -3.25. The second-order valence-corrected chi connectivity index (χ2v) is 14.6. The van der Waals surface area contributed by atoms with Crippen molar-refractivity contribution >= 4 is 17.7 Å². The summed E-state index contributed by atoms with van der Waals surface area (Å²) in [5.41, 5.74) is 0.515. The molecule has 6 heteroatoms. The zero-order valence-corrected chi connectivity index (χ0v) is 27.9. The van der Waals surface area contributed by atoms with Crippen molar-refractivity contribution in [3.63, 3.8) is 0 Å². The molecule has 3 fully saturated rings. The zero-order chi connectivity index (χ0) is 33.0. The van der Waals surface area contributed by atoms with Gasteiger partial charge in [-0.05, 0) is 91.7 Å². The number of hydrogen-bond acceptors (Lipinski definition) is 5. The van der Waals surface area contributed by atoms with Crippen molar-refractivity contribution in [2.24, 2.45) is 28.6 Å². The molecule has 3 saturated carbocycles. The van der Waals surface area contributed by atoms with Gasteiger partial charge in [-0.3, -0.25) is 9.59 Å². The van der Waals surface area contributed by atoms with Crippen molar-refractivity contribution in [3.8, 4) is 0 Å². The number of benzene rings is 2. The van der Waals surface area contributed by atoms with Gasteiger partial charge in [0.2, 0.25) is 5.60 Å². The number of aliphatic carboxylic acids is 1. The average molecular weight is 629 g/mol. The van der Waals surface area contributed by atoms with Gasteiger partial charge in [-0.15, -0.1) is 0 Å². The first kappa shape index (κ1) is 34.1. The lowest BCUT2D eigenvalue weighted by Crippen LogP contribution is -2.51. The van der Waals surface area contributed by atoms with Crippen molar-refractivity contribution in [2.75, 3.05) is 0 Å². The number of carbonyl (C=O) groups excluding carboxylic acids is 2. The number of allylic oxidation sites excluding steroid dienone is 1. The minimum Gasteiger partial charge on any atom is -0.479 e. The average Bonchev–Trinajstić information content (AvgIpc) is 3.39. The van der Waals surface area contributed by atoms with Crippen LogP contribution in [0, 0.1) is 28.6 Å². The maximum absolute atomic E-state index is 12.5. The van der Waals surface area contributed by atoms with Crippen molar-refractivity contribution in [2.45, 2.75) is 116 Å². The number of carboxylic acid groups (broad SMARTS) is 1. The van der Waals surface area contributed by atoms with E-state index in [2.05, 4.69) is 20.8 Å². The number of esters is 1. The second kappa shape index (κ2) is 14.3. The fraction of sp³-hybridized carbons (Fsp3) is 0.575. The van der Waals surface area contributed by atoms with Gasteiger partial charge in [0.25, 0.3) is 0 Å². The molecule has 6 nitrogen and oxygen atoms in total. The van der Waals surface area contributed by atoms with Crippen LogP contribution in [-0.2, 0) is 24.7 Å². The van der Waals surface area contributed by atoms with E-state index >= 15 is 0 Å². The summed E-state index contributed by atoms with van der Waals surface area (Å²) >= 11 is 0. The molecule has 0 aromatic heterocycles. The highest BCUT2D eigenvalue weighted by atomic mass is 16.5. The number of aliphatic hydroxyl groups is 1. The van der Waals surface area contributed by atoms with Crippen molar-refractivity contribution in [3.05, 3.63) is 83.4 Å². The van der Waals surface area contributed by atoms with Crippen LogP contribution in [0.25, 0.3) is 0 Å². The third kappa shape index (κ3) is 6.60. The third-order valence-electron chi connectivity index (χ3n) is 12.1.